The smallest absolute Gasteiger partial charge is 0.224 e. The standard InChI is InChI=1S/C16H21NO/c1-11-2-4-12(5-3-11)10-16(18)17-15-9-13-6-7-14(15)8-13/h2-5,13-15H,6-10H2,1H3,(H,17,18)/t13-,14+,15-/m0/s1. The highest BCUT2D eigenvalue weighted by molar-refractivity contribution is 5.79. The summed E-state index contributed by atoms with van der Waals surface area (Å²) in [6.45, 7) is 2.07. The summed E-state index contributed by atoms with van der Waals surface area (Å²) in [5, 5.41) is 3.23. The van der Waals surface area contributed by atoms with Crippen molar-refractivity contribution in [3.63, 3.8) is 0 Å². The molecule has 96 valence electrons. The van der Waals surface area contributed by atoms with Crippen LogP contribution < -0.4 is 5.32 Å². The molecule has 1 amide bonds. The predicted octanol–water partition coefficient (Wildman–Crippen LogP) is 2.84. The molecule has 1 aromatic carbocycles. The molecular formula is C16H21NO. The topological polar surface area (TPSA) is 29.1 Å². The summed E-state index contributed by atoms with van der Waals surface area (Å²) in [6.07, 6.45) is 5.78. The van der Waals surface area contributed by atoms with E-state index in [4.69, 9.17) is 0 Å². The Morgan fingerprint density at radius 1 is 1.22 bits per heavy atom. The van der Waals surface area contributed by atoms with E-state index < -0.39 is 0 Å². The monoisotopic (exact) mass is 243 g/mol. The molecule has 0 spiro atoms. The number of fused-ring (bicyclic) bond motifs is 2. The summed E-state index contributed by atoms with van der Waals surface area (Å²) < 4.78 is 0. The summed E-state index contributed by atoms with van der Waals surface area (Å²) in [4.78, 5) is 12.0. The lowest BCUT2D eigenvalue weighted by Crippen LogP contribution is -2.39. The van der Waals surface area contributed by atoms with Crippen molar-refractivity contribution in [1.29, 1.82) is 0 Å². The SMILES string of the molecule is Cc1ccc(CC(=O)N[C@H]2C[C@H]3CC[C@@H]2C3)cc1. The summed E-state index contributed by atoms with van der Waals surface area (Å²) >= 11 is 0. The molecule has 3 atom stereocenters. The van der Waals surface area contributed by atoms with Gasteiger partial charge in [-0.3, -0.25) is 4.79 Å². The second-order valence-corrected chi connectivity index (χ2v) is 6.01. The summed E-state index contributed by atoms with van der Waals surface area (Å²) in [6, 6.07) is 8.70. The zero-order valence-corrected chi connectivity index (χ0v) is 11.0. The second kappa shape index (κ2) is 4.75. The highest BCUT2D eigenvalue weighted by atomic mass is 16.1. The molecule has 2 aliphatic carbocycles. The third-order valence-electron chi connectivity index (χ3n) is 4.57. The molecule has 0 aliphatic heterocycles. The van der Waals surface area contributed by atoms with Gasteiger partial charge >= 0.3 is 0 Å². The maximum absolute atomic E-state index is 12.0. The molecule has 1 N–H and O–H groups in total. The van der Waals surface area contributed by atoms with Gasteiger partial charge in [-0.25, -0.2) is 0 Å². The number of carbonyl (C=O) groups is 1. The molecule has 2 bridgehead atoms. The molecular weight excluding hydrogens is 222 g/mol. The fourth-order valence-electron chi connectivity index (χ4n) is 3.57. The summed E-state index contributed by atoms with van der Waals surface area (Å²) in [5.41, 5.74) is 2.36. The third-order valence-corrected chi connectivity index (χ3v) is 4.57. The molecule has 2 aliphatic rings. The van der Waals surface area contributed by atoms with Crippen molar-refractivity contribution in [2.24, 2.45) is 11.8 Å². The van der Waals surface area contributed by atoms with Crippen LogP contribution in [0.2, 0.25) is 0 Å². The largest absolute Gasteiger partial charge is 0.353 e. The van der Waals surface area contributed by atoms with E-state index in [1.54, 1.807) is 0 Å². The minimum Gasteiger partial charge on any atom is -0.353 e. The van der Waals surface area contributed by atoms with E-state index in [1.807, 2.05) is 0 Å². The highest BCUT2D eigenvalue weighted by Gasteiger charge is 2.39. The average Bonchev–Trinajstić information content (AvgIpc) is 2.94. The van der Waals surface area contributed by atoms with Crippen molar-refractivity contribution in [3.05, 3.63) is 35.4 Å². The number of carbonyl (C=O) groups excluding carboxylic acids is 1. The molecule has 3 rings (SSSR count). The van der Waals surface area contributed by atoms with Crippen molar-refractivity contribution in [2.75, 3.05) is 0 Å². The first-order chi connectivity index (χ1) is 8.70. The van der Waals surface area contributed by atoms with Crippen LogP contribution in [0, 0.1) is 18.8 Å². The van der Waals surface area contributed by atoms with Crippen LogP contribution in [-0.2, 0) is 11.2 Å². The van der Waals surface area contributed by atoms with Crippen LogP contribution in [0.4, 0.5) is 0 Å². The summed E-state index contributed by atoms with van der Waals surface area (Å²) in [5.74, 6) is 1.84. The lowest BCUT2D eigenvalue weighted by atomic mass is 9.95. The molecule has 0 radical (unpaired) electrons. The molecule has 2 nitrogen and oxygen atoms in total. The van der Waals surface area contributed by atoms with Crippen LogP contribution >= 0.6 is 0 Å². The Hall–Kier alpha value is -1.31. The third kappa shape index (κ3) is 2.43. The van der Waals surface area contributed by atoms with E-state index in [-0.39, 0.29) is 5.91 Å². The number of aryl methyl sites for hydroxylation is 1. The van der Waals surface area contributed by atoms with E-state index in [1.165, 1.54) is 31.2 Å². The van der Waals surface area contributed by atoms with Gasteiger partial charge < -0.3 is 5.32 Å². The van der Waals surface area contributed by atoms with Gasteiger partial charge in [0.2, 0.25) is 5.91 Å². The van der Waals surface area contributed by atoms with Gasteiger partial charge in [-0.1, -0.05) is 36.2 Å². The van der Waals surface area contributed by atoms with E-state index in [0.29, 0.717) is 12.5 Å². The molecule has 2 heteroatoms. The van der Waals surface area contributed by atoms with Gasteiger partial charge in [0.25, 0.3) is 0 Å². The fourth-order valence-corrected chi connectivity index (χ4v) is 3.57. The Bertz CT molecular complexity index is 437. The van der Waals surface area contributed by atoms with E-state index in [0.717, 1.165) is 17.4 Å². The molecule has 1 aromatic rings. The van der Waals surface area contributed by atoms with Gasteiger partial charge in [0.1, 0.15) is 0 Å². The van der Waals surface area contributed by atoms with Gasteiger partial charge in [-0.05, 0) is 43.6 Å². The number of hydrogen-bond acceptors (Lipinski definition) is 1. The second-order valence-electron chi connectivity index (χ2n) is 6.01. The molecule has 2 saturated carbocycles. The van der Waals surface area contributed by atoms with Gasteiger partial charge in [0, 0.05) is 6.04 Å². The molecule has 0 unspecified atom stereocenters. The van der Waals surface area contributed by atoms with E-state index >= 15 is 0 Å². The predicted molar refractivity (Wildman–Crippen MR) is 72.3 cm³/mol. The number of rotatable bonds is 3. The van der Waals surface area contributed by atoms with Crippen molar-refractivity contribution < 1.29 is 4.79 Å². The highest BCUT2D eigenvalue weighted by Crippen LogP contribution is 2.44. The normalized spacial score (nSPS) is 29.5. The van der Waals surface area contributed by atoms with Gasteiger partial charge in [0.15, 0.2) is 0 Å². The number of benzene rings is 1. The van der Waals surface area contributed by atoms with Crippen molar-refractivity contribution in [1.82, 2.24) is 5.32 Å². The van der Waals surface area contributed by atoms with Gasteiger partial charge in [0.05, 0.1) is 6.42 Å². The number of nitrogens with one attached hydrogen (secondary N) is 1. The number of amides is 1. The Kier molecular flexibility index (Phi) is 3.11. The average molecular weight is 243 g/mol. The Balaban J connectivity index is 1.54. The maximum Gasteiger partial charge on any atom is 0.224 e. The lowest BCUT2D eigenvalue weighted by Gasteiger charge is -2.22. The fraction of sp³-hybridized carbons (Fsp3) is 0.562. The molecule has 0 aromatic heterocycles. The van der Waals surface area contributed by atoms with Gasteiger partial charge in [-0.2, -0.15) is 0 Å². The lowest BCUT2D eigenvalue weighted by molar-refractivity contribution is -0.121. The van der Waals surface area contributed by atoms with E-state index in [2.05, 4.69) is 36.5 Å². The molecule has 2 fully saturated rings. The first-order valence-corrected chi connectivity index (χ1v) is 7.05. The Morgan fingerprint density at radius 2 is 2.00 bits per heavy atom. The van der Waals surface area contributed by atoms with Crippen molar-refractivity contribution in [3.8, 4) is 0 Å². The molecule has 0 heterocycles. The zero-order chi connectivity index (χ0) is 12.5. The zero-order valence-electron chi connectivity index (χ0n) is 11.0. The van der Waals surface area contributed by atoms with Crippen LogP contribution in [-0.4, -0.2) is 11.9 Å². The maximum atomic E-state index is 12.0. The first-order valence-electron chi connectivity index (χ1n) is 7.05. The van der Waals surface area contributed by atoms with Gasteiger partial charge in [-0.15, -0.1) is 0 Å². The quantitative estimate of drug-likeness (QED) is 0.869. The van der Waals surface area contributed by atoms with Crippen LogP contribution in [0.1, 0.15) is 36.8 Å². The van der Waals surface area contributed by atoms with Crippen LogP contribution in [0.25, 0.3) is 0 Å². The first kappa shape index (κ1) is 11.8. The van der Waals surface area contributed by atoms with Crippen LogP contribution in [0.15, 0.2) is 24.3 Å². The summed E-state index contributed by atoms with van der Waals surface area (Å²) in [7, 11) is 0. The van der Waals surface area contributed by atoms with Crippen LogP contribution in [0.5, 0.6) is 0 Å². The Labute approximate surface area is 109 Å². The van der Waals surface area contributed by atoms with Crippen molar-refractivity contribution >= 4 is 5.91 Å². The van der Waals surface area contributed by atoms with E-state index in [9.17, 15) is 4.79 Å². The Morgan fingerprint density at radius 3 is 2.61 bits per heavy atom. The van der Waals surface area contributed by atoms with Crippen molar-refractivity contribution in [2.45, 2.75) is 45.1 Å². The molecule has 0 saturated heterocycles. The van der Waals surface area contributed by atoms with Crippen LogP contribution in [0.3, 0.4) is 0 Å². The minimum atomic E-state index is 0.191. The molecule has 18 heavy (non-hydrogen) atoms. The number of hydrogen-bond donors (Lipinski definition) is 1. The minimum absolute atomic E-state index is 0.191.